The molecule has 1 fully saturated rings. The van der Waals surface area contributed by atoms with Gasteiger partial charge in [-0.25, -0.2) is 0 Å². The van der Waals surface area contributed by atoms with Crippen LogP contribution >= 0.6 is 0 Å². The third-order valence-corrected chi connectivity index (χ3v) is 4.61. The van der Waals surface area contributed by atoms with Gasteiger partial charge < -0.3 is 9.42 Å². The van der Waals surface area contributed by atoms with Crippen molar-refractivity contribution in [2.24, 2.45) is 0 Å². The van der Waals surface area contributed by atoms with E-state index in [9.17, 15) is 4.79 Å². The Hall–Kier alpha value is -2.17. The van der Waals surface area contributed by atoms with Gasteiger partial charge in [0.15, 0.2) is 5.82 Å². The molecule has 5 heteroatoms. The van der Waals surface area contributed by atoms with E-state index in [2.05, 4.69) is 22.3 Å². The lowest BCUT2D eigenvalue weighted by Crippen LogP contribution is -2.38. The number of carbonyl (C=O) groups is 1. The number of aryl methyl sites for hydroxylation is 2. The molecule has 0 aliphatic carbocycles. The molecule has 24 heavy (non-hydrogen) atoms. The summed E-state index contributed by atoms with van der Waals surface area (Å²) in [6.45, 7) is 2.79. The predicted molar refractivity (Wildman–Crippen MR) is 91.4 cm³/mol. The summed E-state index contributed by atoms with van der Waals surface area (Å²) >= 11 is 0. The van der Waals surface area contributed by atoms with E-state index in [0.717, 1.165) is 45.1 Å². The summed E-state index contributed by atoms with van der Waals surface area (Å²) < 4.78 is 5.39. The Bertz CT molecular complexity index is 654. The van der Waals surface area contributed by atoms with Crippen LogP contribution in [0.2, 0.25) is 0 Å². The average Bonchev–Trinajstić information content (AvgIpc) is 3.11. The molecule has 1 aliphatic rings. The highest BCUT2D eigenvalue weighted by Gasteiger charge is 2.31. The van der Waals surface area contributed by atoms with Crippen molar-refractivity contribution in [1.82, 2.24) is 15.0 Å². The Morgan fingerprint density at radius 1 is 1.29 bits per heavy atom. The SMILES string of the molecule is CCc1noc([C@H]2CCCCN2C(=O)CCCc2ccccc2)n1. The summed E-state index contributed by atoms with van der Waals surface area (Å²) in [5.41, 5.74) is 1.28. The average molecular weight is 327 g/mol. The lowest BCUT2D eigenvalue weighted by atomic mass is 10.0. The third kappa shape index (κ3) is 4.02. The lowest BCUT2D eigenvalue weighted by molar-refractivity contribution is -0.135. The maximum atomic E-state index is 12.7. The highest BCUT2D eigenvalue weighted by atomic mass is 16.5. The van der Waals surface area contributed by atoms with Crippen LogP contribution in [0.5, 0.6) is 0 Å². The Labute approximate surface area is 143 Å². The van der Waals surface area contributed by atoms with Crippen molar-refractivity contribution >= 4 is 5.91 Å². The topological polar surface area (TPSA) is 59.2 Å². The molecule has 1 aromatic heterocycles. The fraction of sp³-hybridized carbons (Fsp3) is 0.526. The summed E-state index contributed by atoms with van der Waals surface area (Å²) in [6, 6.07) is 10.3. The molecule has 1 aromatic carbocycles. The zero-order valence-electron chi connectivity index (χ0n) is 14.3. The van der Waals surface area contributed by atoms with Crippen molar-refractivity contribution < 1.29 is 9.32 Å². The van der Waals surface area contributed by atoms with Crippen molar-refractivity contribution in [2.75, 3.05) is 6.54 Å². The molecule has 1 amide bonds. The van der Waals surface area contributed by atoms with Gasteiger partial charge in [0.2, 0.25) is 11.8 Å². The second-order valence-corrected chi connectivity index (χ2v) is 6.34. The molecule has 5 nitrogen and oxygen atoms in total. The zero-order chi connectivity index (χ0) is 16.8. The summed E-state index contributed by atoms with van der Waals surface area (Å²) in [7, 11) is 0. The smallest absolute Gasteiger partial charge is 0.249 e. The molecule has 1 saturated heterocycles. The van der Waals surface area contributed by atoms with Gasteiger partial charge in [0.25, 0.3) is 0 Å². The van der Waals surface area contributed by atoms with Crippen molar-refractivity contribution in [3.05, 3.63) is 47.6 Å². The number of aromatic nitrogens is 2. The first-order valence-corrected chi connectivity index (χ1v) is 8.94. The van der Waals surface area contributed by atoms with E-state index in [1.165, 1.54) is 5.56 Å². The molecule has 0 radical (unpaired) electrons. The Morgan fingerprint density at radius 3 is 2.88 bits per heavy atom. The number of nitrogens with zero attached hydrogens (tertiary/aromatic N) is 3. The van der Waals surface area contributed by atoms with Crippen LogP contribution in [0.3, 0.4) is 0 Å². The van der Waals surface area contributed by atoms with Crippen LogP contribution in [0.25, 0.3) is 0 Å². The van der Waals surface area contributed by atoms with E-state index in [-0.39, 0.29) is 11.9 Å². The molecule has 2 aromatic rings. The van der Waals surface area contributed by atoms with Gasteiger partial charge in [0.1, 0.15) is 6.04 Å². The van der Waals surface area contributed by atoms with Gasteiger partial charge >= 0.3 is 0 Å². The molecular formula is C19H25N3O2. The molecule has 3 rings (SSSR count). The molecule has 128 valence electrons. The number of piperidine rings is 1. The number of hydrogen-bond acceptors (Lipinski definition) is 4. The van der Waals surface area contributed by atoms with E-state index in [1.807, 2.05) is 30.0 Å². The minimum Gasteiger partial charge on any atom is -0.337 e. The predicted octanol–water partition coefficient (Wildman–Crippen LogP) is 3.71. The van der Waals surface area contributed by atoms with Gasteiger partial charge in [-0.2, -0.15) is 4.98 Å². The number of hydrogen-bond donors (Lipinski definition) is 0. The van der Waals surface area contributed by atoms with Gasteiger partial charge in [-0.3, -0.25) is 4.79 Å². The third-order valence-electron chi connectivity index (χ3n) is 4.61. The first-order chi connectivity index (χ1) is 11.8. The fourth-order valence-electron chi connectivity index (χ4n) is 3.27. The normalized spacial score (nSPS) is 17.9. The molecular weight excluding hydrogens is 302 g/mol. The van der Waals surface area contributed by atoms with Gasteiger partial charge in [-0.15, -0.1) is 0 Å². The monoisotopic (exact) mass is 327 g/mol. The summed E-state index contributed by atoms with van der Waals surface area (Å²) in [4.78, 5) is 19.1. The van der Waals surface area contributed by atoms with Crippen LogP contribution < -0.4 is 0 Å². The minimum absolute atomic E-state index is 0.0456. The summed E-state index contributed by atoms with van der Waals surface area (Å²) in [5, 5.41) is 3.98. The largest absolute Gasteiger partial charge is 0.337 e. The van der Waals surface area contributed by atoms with Crippen LogP contribution in [-0.2, 0) is 17.6 Å². The zero-order valence-corrected chi connectivity index (χ0v) is 14.3. The van der Waals surface area contributed by atoms with Gasteiger partial charge in [0.05, 0.1) is 0 Å². The van der Waals surface area contributed by atoms with E-state index in [0.29, 0.717) is 18.1 Å². The van der Waals surface area contributed by atoms with Crippen molar-refractivity contribution in [3.8, 4) is 0 Å². The molecule has 1 aliphatic heterocycles. The standard InChI is InChI=1S/C19H25N3O2/c1-2-17-20-19(24-21-17)16-12-6-7-14-22(16)18(23)13-8-11-15-9-4-3-5-10-15/h3-5,9-10,16H,2,6-8,11-14H2,1H3/t16-/m1/s1. The Balaban J connectivity index is 1.59. The second kappa shape index (κ2) is 8.08. The first kappa shape index (κ1) is 16.7. The van der Waals surface area contributed by atoms with Crippen LogP contribution in [0.4, 0.5) is 0 Å². The highest BCUT2D eigenvalue weighted by Crippen LogP contribution is 2.30. The van der Waals surface area contributed by atoms with Crippen LogP contribution in [0.1, 0.15) is 62.3 Å². The summed E-state index contributed by atoms with van der Waals surface area (Å²) in [5.74, 6) is 1.52. The van der Waals surface area contributed by atoms with Gasteiger partial charge in [-0.05, 0) is 37.7 Å². The number of carbonyl (C=O) groups excluding carboxylic acids is 1. The molecule has 2 heterocycles. The quantitative estimate of drug-likeness (QED) is 0.811. The van der Waals surface area contributed by atoms with Crippen molar-refractivity contribution in [3.63, 3.8) is 0 Å². The molecule has 0 unspecified atom stereocenters. The lowest BCUT2D eigenvalue weighted by Gasteiger charge is -2.33. The van der Waals surface area contributed by atoms with Crippen LogP contribution in [0.15, 0.2) is 34.9 Å². The molecule has 0 bridgehead atoms. The fourth-order valence-corrected chi connectivity index (χ4v) is 3.27. The second-order valence-electron chi connectivity index (χ2n) is 6.34. The van der Waals surface area contributed by atoms with Crippen LogP contribution in [-0.4, -0.2) is 27.5 Å². The van der Waals surface area contributed by atoms with Crippen LogP contribution in [0, 0.1) is 0 Å². The van der Waals surface area contributed by atoms with E-state index >= 15 is 0 Å². The van der Waals surface area contributed by atoms with Crippen molar-refractivity contribution in [1.29, 1.82) is 0 Å². The van der Waals surface area contributed by atoms with E-state index in [4.69, 9.17) is 4.52 Å². The maximum Gasteiger partial charge on any atom is 0.249 e. The maximum absolute atomic E-state index is 12.7. The van der Waals surface area contributed by atoms with Gasteiger partial charge in [-0.1, -0.05) is 42.4 Å². The molecule has 0 spiro atoms. The van der Waals surface area contributed by atoms with E-state index < -0.39 is 0 Å². The minimum atomic E-state index is -0.0456. The number of rotatable bonds is 6. The van der Waals surface area contributed by atoms with E-state index in [1.54, 1.807) is 0 Å². The molecule has 0 saturated carbocycles. The number of likely N-dealkylation sites (tertiary alicyclic amines) is 1. The Kier molecular flexibility index (Phi) is 5.62. The molecule has 1 atom stereocenters. The van der Waals surface area contributed by atoms with Crippen molar-refractivity contribution in [2.45, 2.75) is 57.9 Å². The van der Waals surface area contributed by atoms with Gasteiger partial charge in [0, 0.05) is 19.4 Å². The number of benzene rings is 1. The molecule has 0 N–H and O–H groups in total. The number of amides is 1. The first-order valence-electron chi connectivity index (χ1n) is 8.94. The summed E-state index contributed by atoms with van der Waals surface area (Å²) in [6.07, 6.45) is 6.19. The highest BCUT2D eigenvalue weighted by molar-refractivity contribution is 5.76. The Morgan fingerprint density at radius 2 is 2.12 bits per heavy atom.